The van der Waals surface area contributed by atoms with Crippen molar-refractivity contribution in [2.75, 3.05) is 25.7 Å². The van der Waals surface area contributed by atoms with Crippen molar-refractivity contribution >= 4 is 40.6 Å². The largest absolute Gasteiger partial charge is 0.497 e. The maximum Gasteiger partial charge on any atom is 0.339 e. The number of halogens is 1. The summed E-state index contributed by atoms with van der Waals surface area (Å²) in [5.74, 6) is -1.27. The van der Waals surface area contributed by atoms with Gasteiger partial charge in [-0.3, -0.25) is 9.59 Å². The van der Waals surface area contributed by atoms with Crippen LogP contribution in [0.5, 0.6) is 11.5 Å². The van der Waals surface area contributed by atoms with Crippen LogP contribution in [0.15, 0.2) is 84.5 Å². The molecule has 6 rings (SSSR count). The minimum atomic E-state index is -0.603. The topological polar surface area (TPSA) is 82.1 Å². The van der Waals surface area contributed by atoms with E-state index in [1.54, 1.807) is 27.2 Å². The molecule has 8 heteroatoms. The number of hydrogen-bond acceptors (Lipinski definition) is 6. The first-order valence-corrected chi connectivity index (χ1v) is 13.8. The molecule has 2 amide bonds. The lowest BCUT2D eigenvalue weighted by Crippen LogP contribution is -2.33. The van der Waals surface area contributed by atoms with Crippen LogP contribution in [0.3, 0.4) is 0 Å². The van der Waals surface area contributed by atoms with E-state index in [9.17, 15) is 14.4 Å². The first-order valence-electron chi connectivity index (χ1n) is 13.4. The van der Waals surface area contributed by atoms with Crippen molar-refractivity contribution in [3.63, 3.8) is 0 Å². The number of nitrogens with zero attached hydrogens (tertiary/aromatic N) is 1. The van der Waals surface area contributed by atoms with Gasteiger partial charge in [-0.05, 0) is 71.7 Å². The Morgan fingerprint density at radius 1 is 0.805 bits per heavy atom. The molecular weight excluding hydrogens is 542 g/mol. The predicted molar refractivity (Wildman–Crippen MR) is 155 cm³/mol. The van der Waals surface area contributed by atoms with Crippen LogP contribution in [0, 0.1) is 23.7 Å². The van der Waals surface area contributed by atoms with Crippen LogP contribution in [0.2, 0.25) is 5.02 Å². The summed E-state index contributed by atoms with van der Waals surface area (Å²) in [5.41, 5.74) is 4.42. The molecule has 0 radical (unpaired) electrons. The quantitative estimate of drug-likeness (QED) is 0.198. The zero-order valence-electron chi connectivity index (χ0n) is 22.8. The van der Waals surface area contributed by atoms with Gasteiger partial charge in [-0.25, -0.2) is 9.69 Å². The number of hydrogen-bond donors (Lipinski definition) is 0. The van der Waals surface area contributed by atoms with Gasteiger partial charge >= 0.3 is 5.97 Å². The van der Waals surface area contributed by atoms with Crippen molar-refractivity contribution < 1.29 is 28.6 Å². The third kappa shape index (κ3) is 4.32. The Hall–Kier alpha value is -4.36. The van der Waals surface area contributed by atoms with Crippen molar-refractivity contribution in [1.29, 1.82) is 0 Å². The minimum absolute atomic E-state index is 0.117. The molecule has 3 aliphatic rings. The molecule has 3 aromatic rings. The summed E-state index contributed by atoms with van der Waals surface area (Å²) in [6, 6.07) is 20.2. The second-order valence-electron chi connectivity index (χ2n) is 10.2. The van der Waals surface area contributed by atoms with Gasteiger partial charge in [-0.1, -0.05) is 48.0 Å². The van der Waals surface area contributed by atoms with E-state index in [1.807, 2.05) is 48.5 Å². The van der Waals surface area contributed by atoms with Crippen molar-refractivity contribution in [3.05, 3.63) is 106 Å². The fourth-order valence-corrected chi connectivity index (χ4v) is 6.58. The first kappa shape index (κ1) is 26.8. The van der Waals surface area contributed by atoms with Crippen LogP contribution in [-0.2, 0) is 14.3 Å². The third-order valence-electron chi connectivity index (χ3n) is 8.17. The molecular formula is C33H28ClNO6. The van der Waals surface area contributed by atoms with Gasteiger partial charge in [0, 0.05) is 11.8 Å². The van der Waals surface area contributed by atoms with Gasteiger partial charge in [-0.2, -0.15) is 0 Å². The summed E-state index contributed by atoms with van der Waals surface area (Å²) in [7, 11) is 3.25. The molecule has 2 bridgehead atoms. The van der Waals surface area contributed by atoms with Gasteiger partial charge in [0.15, 0.2) is 0 Å². The number of amides is 2. The Kier molecular flexibility index (Phi) is 6.91. The van der Waals surface area contributed by atoms with Gasteiger partial charge in [-0.15, -0.1) is 0 Å². The van der Waals surface area contributed by atoms with Crippen molar-refractivity contribution in [2.24, 2.45) is 23.7 Å². The number of methoxy groups -OCH3 is 2. The second kappa shape index (κ2) is 10.6. The summed E-state index contributed by atoms with van der Waals surface area (Å²) in [6.45, 7) is 1.88. The van der Waals surface area contributed by atoms with Crippen LogP contribution in [-0.4, -0.2) is 38.6 Å². The molecule has 2 fully saturated rings. The lowest BCUT2D eigenvalue weighted by molar-refractivity contribution is -0.122. The van der Waals surface area contributed by atoms with Gasteiger partial charge < -0.3 is 14.2 Å². The fourth-order valence-electron chi connectivity index (χ4n) is 6.38. The van der Waals surface area contributed by atoms with E-state index in [0.29, 0.717) is 5.69 Å². The Bertz CT molecular complexity index is 1520. The number of carbonyl (C=O) groups is 3. The summed E-state index contributed by atoms with van der Waals surface area (Å²) >= 11 is 6.25. The lowest BCUT2D eigenvalue weighted by Gasteiger charge is -2.22. The van der Waals surface area contributed by atoms with Crippen LogP contribution in [0.25, 0.3) is 5.57 Å². The number of benzene rings is 3. The van der Waals surface area contributed by atoms with E-state index in [4.69, 9.17) is 25.8 Å². The molecule has 3 aromatic carbocycles. The molecule has 0 spiro atoms. The first-order chi connectivity index (χ1) is 19.9. The Morgan fingerprint density at radius 2 is 1.32 bits per heavy atom. The molecule has 4 atom stereocenters. The van der Waals surface area contributed by atoms with E-state index in [2.05, 4.69) is 12.2 Å². The third-order valence-corrected chi connectivity index (χ3v) is 8.49. The van der Waals surface area contributed by atoms with Crippen LogP contribution in [0.4, 0.5) is 5.69 Å². The molecule has 0 N–H and O–H groups in total. The molecule has 1 heterocycles. The van der Waals surface area contributed by atoms with Crippen LogP contribution < -0.4 is 14.4 Å². The van der Waals surface area contributed by atoms with E-state index in [0.717, 1.165) is 33.8 Å². The smallest absolute Gasteiger partial charge is 0.339 e. The fraction of sp³-hybridized carbons (Fsp3) is 0.242. The molecule has 1 saturated heterocycles. The maximum atomic E-state index is 14.0. The molecule has 7 nitrogen and oxygen atoms in total. The molecule has 208 valence electrons. The molecule has 2 aliphatic carbocycles. The SMILES string of the molecule is CCOC(=O)c1cc(N2C(=O)[C@H]3[C@H](C2=O)[C@H]2C=C[C@H]3C2=C(c2ccc(OC)cc2)c2ccc(OC)cc2)ccc1Cl. The monoisotopic (exact) mass is 569 g/mol. The van der Waals surface area contributed by atoms with Crippen molar-refractivity contribution in [1.82, 2.24) is 0 Å². The summed E-state index contributed by atoms with van der Waals surface area (Å²) in [6.07, 6.45) is 4.10. The Balaban J connectivity index is 1.43. The van der Waals surface area contributed by atoms with E-state index < -0.39 is 17.8 Å². The number of rotatable bonds is 7. The average molecular weight is 570 g/mol. The molecule has 1 aliphatic heterocycles. The molecule has 0 aromatic heterocycles. The van der Waals surface area contributed by atoms with E-state index in [1.165, 1.54) is 17.0 Å². The highest BCUT2D eigenvalue weighted by atomic mass is 35.5. The highest BCUT2D eigenvalue weighted by Gasteiger charge is 2.62. The molecule has 1 saturated carbocycles. The van der Waals surface area contributed by atoms with Gasteiger partial charge in [0.2, 0.25) is 11.8 Å². The zero-order valence-corrected chi connectivity index (χ0v) is 23.6. The molecule has 41 heavy (non-hydrogen) atoms. The number of esters is 1. The number of anilines is 1. The summed E-state index contributed by atoms with van der Waals surface area (Å²) < 4.78 is 15.9. The van der Waals surface area contributed by atoms with Gasteiger partial charge in [0.05, 0.1) is 48.9 Å². The zero-order chi connectivity index (χ0) is 28.8. The average Bonchev–Trinajstić information content (AvgIpc) is 3.63. The number of fused-ring (bicyclic) bond motifs is 5. The summed E-state index contributed by atoms with van der Waals surface area (Å²) in [4.78, 5) is 41.6. The van der Waals surface area contributed by atoms with Crippen molar-refractivity contribution in [3.8, 4) is 11.5 Å². The number of imide groups is 1. The second-order valence-corrected chi connectivity index (χ2v) is 10.6. The van der Waals surface area contributed by atoms with Gasteiger partial charge in [0.25, 0.3) is 0 Å². The number of carbonyl (C=O) groups excluding carboxylic acids is 3. The number of ether oxygens (including phenoxy) is 3. The van der Waals surface area contributed by atoms with Crippen molar-refractivity contribution in [2.45, 2.75) is 6.92 Å². The minimum Gasteiger partial charge on any atom is -0.497 e. The predicted octanol–water partition coefficient (Wildman–Crippen LogP) is 5.96. The highest BCUT2D eigenvalue weighted by molar-refractivity contribution is 6.34. The number of allylic oxidation sites excluding steroid dienone is 3. The highest BCUT2D eigenvalue weighted by Crippen LogP contribution is 2.59. The molecule has 0 unspecified atom stereocenters. The lowest BCUT2D eigenvalue weighted by atomic mass is 9.85. The van der Waals surface area contributed by atoms with Crippen LogP contribution in [0.1, 0.15) is 28.4 Å². The van der Waals surface area contributed by atoms with Crippen LogP contribution >= 0.6 is 11.6 Å². The van der Waals surface area contributed by atoms with E-state index >= 15 is 0 Å². The Labute approximate surface area is 243 Å². The van der Waals surface area contributed by atoms with E-state index in [-0.39, 0.29) is 40.8 Å². The maximum absolute atomic E-state index is 14.0. The van der Waals surface area contributed by atoms with Gasteiger partial charge in [0.1, 0.15) is 11.5 Å². The Morgan fingerprint density at radius 3 is 1.78 bits per heavy atom. The standard InChI is InChI=1S/C33H28ClNO6/c1-4-41-33(38)25-17-20(9-16-26(25)34)35-31(36)29-23-14-15-24(30(29)32(35)37)28(23)27(18-5-10-21(39-2)11-6-18)19-7-12-22(40-3)13-8-19/h5-17,23-24,29-30H,4H2,1-3H3/t23-,24-,29+,30+/m0/s1. The summed E-state index contributed by atoms with van der Waals surface area (Å²) in [5, 5.41) is 0.196. The normalized spacial score (nSPS) is 22.2.